The van der Waals surface area contributed by atoms with E-state index in [1.165, 1.54) is 11.4 Å². The summed E-state index contributed by atoms with van der Waals surface area (Å²) in [6.07, 6.45) is 1.16. The molecule has 1 aromatic heterocycles. The molecular weight excluding hydrogens is 332 g/mol. The Morgan fingerprint density at radius 3 is 2.62 bits per heavy atom. The van der Waals surface area contributed by atoms with Crippen molar-refractivity contribution < 1.29 is 23.7 Å². The molecule has 0 radical (unpaired) electrons. The number of morpholine rings is 1. The van der Waals surface area contributed by atoms with Crippen molar-refractivity contribution in [3.05, 3.63) is 39.2 Å². The summed E-state index contributed by atoms with van der Waals surface area (Å²) in [6, 6.07) is 4.02. The standard InChI is InChI=1S/C20H26N2O4/c1-14-15(2)20(23)26-19-16(14)4-5-18-17(19)12-22(13-25-18)7-3-6-21-8-10-24-11-9-21/h4-5H,3,6-13H2,1-2H3/p+2. The van der Waals surface area contributed by atoms with E-state index >= 15 is 0 Å². The molecule has 1 saturated heterocycles. The molecule has 0 spiro atoms. The maximum atomic E-state index is 12.1. The molecule has 1 unspecified atom stereocenters. The fraction of sp³-hybridized carbons (Fsp3) is 0.550. The van der Waals surface area contributed by atoms with E-state index in [1.54, 1.807) is 4.90 Å². The molecule has 0 amide bonds. The van der Waals surface area contributed by atoms with Gasteiger partial charge >= 0.3 is 5.63 Å². The lowest BCUT2D eigenvalue weighted by Gasteiger charge is -2.28. The quantitative estimate of drug-likeness (QED) is 0.719. The van der Waals surface area contributed by atoms with Crippen LogP contribution in [0, 0.1) is 13.8 Å². The topological polar surface area (TPSA) is 57.5 Å². The van der Waals surface area contributed by atoms with Crippen LogP contribution in [0.4, 0.5) is 0 Å². The van der Waals surface area contributed by atoms with E-state index in [9.17, 15) is 4.79 Å². The van der Waals surface area contributed by atoms with Gasteiger partial charge in [-0.1, -0.05) is 0 Å². The van der Waals surface area contributed by atoms with Crippen LogP contribution in [0.15, 0.2) is 21.3 Å². The summed E-state index contributed by atoms with van der Waals surface area (Å²) < 4.78 is 17.0. The largest absolute Gasteiger partial charge is 0.445 e. The van der Waals surface area contributed by atoms with Gasteiger partial charge in [0.2, 0.25) is 6.73 Å². The van der Waals surface area contributed by atoms with Crippen LogP contribution in [-0.4, -0.2) is 46.1 Å². The first-order valence-corrected chi connectivity index (χ1v) is 9.57. The molecule has 2 aromatic rings. The summed E-state index contributed by atoms with van der Waals surface area (Å²) in [5, 5.41) is 1.02. The third kappa shape index (κ3) is 3.37. The number of rotatable bonds is 4. The van der Waals surface area contributed by atoms with Crippen molar-refractivity contribution in [3.63, 3.8) is 0 Å². The van der Waals surface area contributed by atoms with Gasteiger partial charge in [0.25, 0.3) is 0 Å². The van der Waals surface area contributed by atoms with Gasteiger partial charge in [0.1, 0.15) is 25.4 Å². The molecule has 6 heteroatoms. The van der Waals surface area contributed by atoms with E-state index in [4.69, 9.17) is 13.9 Å². The minimum atomic E-state index is -0.244. The van der Waals surface area contributed by atoms with Gasteiger partial charge in [0.05, 0.1) is 31.9 Å². The van der Waals surface area contributed by atoms with Gasteiger partial charge in [-0.05, 0) is 31.5 Å². The zero-order valence-electron chi connectivity index (χ0n) is 15.7. The van der Waals surface area contributed by atoms with Crippen LogP contribution in [-0.2, 0) is 11.3 Å². The summed E-state index contributed by atoms with van der Waals surface area (Å²) in [5.41, 5.74) is 3.18. The third-order valence-electron chi connectivity index (χ3n) is 5.80. The number of nitrogens with one attached hydrogen (secondary N) is 2. The second-order valence-electron chi connectivity index (χ2n) is 7.49. The van der Waals surface area contributed by atoms with Crippen molar-refractivity contribution in [1.82, 2.24) is 0 Å². The highest BCUT2D eigenvalue weighted by molar-refractivity contribution is 5.85. The van der Waals surface area contributed by atoms with Crippen LogP contribution in [0.3, 0.4) is 0 Å². The predicted octanol–water partition coefficient (Wildman–Crippen LogP) is -0.550. The Morgan fingerprint density at radius 2 is 1.81 bits per heavy atom. The summed E-state index contributed by atoms with van der Waals surface area (Å²) in [6.45, 7) is 11.6. The molecule has 26 heavy (non-hydrogen) atoms. The van der Waals surface area contributed by atoms with Gasteiger partial charge in [0.15, 0.2) is 5.58 Å². The number of aryl methyl sites for hydroxylation is 1. The molecule has 0 aliphatic carbocycles. The van der Waals surface area contributed by atoms with Crippen LogP contribution in [0.5, 0.6) is 5.75 Å². The van der Waals surface area contributed by atoms with Crippen LogP contribution in [0.2, 0.25) is 0 Å². The zero-order valence-corrected chi connectivity index (χ0v) is 15.7. The van der Waals surface area contributed by atoms with Crippen LogP contribution < -0.4 is 20.2 Å². The second kappa shape index (κ2) is 7.39. The first-order valence-electron chi connectivity index (χ1n) is 9.57. The SMILES string of the molecule is Cc1c(C)c2ccc3c(c2oc1=O)C[NH+](CCC[NH+]1CCOCC1)CO3. The fourth-order valence-electron chi connectivity index (χ4n) is 3.99. The molecule has 4 rings (SSSR count). The smallest absolute Gasteiger partial charge is 0.339 e. The highest BCUT2D eigenvalue weighted by Crippen LogP contribution is 2.30. The molecule has 1 aromatic carbocycles. The molecule has 0 saturated carbocycles. The molecule has 1 fully saturated rings. The number of quaternary nitrogens is 2. The Kier molecular flexibility index (Phi) is 4.98. The van der Waals surface area contributed by atoms with Gasteiger partial charge < -0.3 is 18.8 Å². The van der Waals surface area contributed by atoms with Crippen LogP contribution in [0.1, 0.15) is 23.1 Å². The van der Waals surface area contributed by atoms with Gasteiger partial charge in [-0.25, -0.2) is 4.79 Å². The van der Waals surface area contributed by atoms with E-state index in [1.807, 2.05) is 26.0 Å². The highest BCUT2D eigenvalue weighted by Gasteiger charge is 2.25. The molecule has 140 valence electrons. The van der Waals surface area contributed by atoms with E-state index in [0.717, 1.165) is 68.1 Å². The molecule has 2 aliphatic heterocycles. The van der Waals surface area contributed by atoms with Crippen molar-refractivity contribution in [2.75, 3.05) is 46.1 Å². The van der Waals surface area contributed by atoms with Gasteiger partial charge in [-0.15, -0.1) is 0 Å². The second-order valence-corrected chi connectivity index (χ2v) is 7.49. The minimum absolute atomic E-state index is 0.244. The van der Waals surface area contributed by atoms with Crippen molar-refractivity contribution in [1.29, 1.82) is 0 Å². The Labute approximate surface area is 153 Å². The van der Waals surface area contributed by atoms with Crippen LogP contribution >= 0.6 is 0 Å². The normalized spacial score (nSPS) is 20.8. The average Bonchev–Trinajstić information content (AvgIpc) is 2.67. The fourth-order valence-corrected chi connectivity index (χ4v) is 3.99. The molecule has 2 N–H and O–H groups in total. The molecule has 2 aliphatic rings. The summed E-state index contributed by atoms with van der Waals surface area (Å²) in [5.74, 6) is 0.853. The summed E-state index contributed by atoms with van der Waals surface area (Å²) in [7, 11) is 0. The average molecular weight is 360 g/mol. The monoisotopic (exact) mass is 360 g/mol. The lowest BCUT2D eigenvalue weighted by molar-refractivity contribution is -0.942. The molecule has 6 nitrogen and oxygen atoms in total. The van der Waals surface area contributed by atoms with Crippen molar-refractivity contribution in [2.45, 2.75) is 26.8 Å². The van der Waals surface area contributed by atoms with E-state index in [-0.39, 0.29) is 5.63 Å². The van der Waals surface area contributed by atoms with Crippen molar-refractivity contribution >= 4 is 11.0 Å². The molecule has 1 atom stereocenters. The number of ether oxygens (including phenoxy) is 2. The molecule has 3 heterocycles. The Balaban J connectivity index is 1.49. The number of benzene rings is 1. The van der Waals surface area contributed by atoms with Gasteiger partial charge in [-0.3, -0.25) is 4.90 Å². The van der Waals surface area contributed by atoms with Crippen LogP contribution in [0.25, 0.3) is 11.0 Å². The van der Waals surface area contributed by atoms with Crippen molar-refractivity contribution in [3.8, 4) is 5.75 Å². The Bertz CT molecular complexity index is 855. The first kappa shape index (κ1) is 17.5. The predicted molar refractivity (Wildman–Crippen MR) is 98.0 cm³/mol. The number of hydrogen-bond acceptors (Lipinski definition) is 4. The lowest BCUT2D eigenvalue weighted by atomic mass is 10.0. The first-order chi connectivity index (χ1) is 12.6. The maximum Gasteiger partial charge on any atom is 0.339 e. The van der Waals surface area contributed by atoms with E-state index in [0.29, 0.717) is 17.9 Å². The highest BCUT2D eigenvalue weighted by atomic mass is 16.5. The maximum absolute atomic E-state index is 12.1. The Hall–Kier alpha value is -1.89. The minimum Gasteiger partial charge on any atom is -0.445 e. The zero-order chi connectivity index (χ0) is 18.1. The van der Waals surface area contributed by atoms with Gasteiger partial charge in [-0.2, -0.15) is 0 Å². The summed E-state index contributed by atoms with van der Waals surface area (Å²) >= 11 is 0. The van der Waals surface area contributed by atoms with Crippen molar-refractivity contribution in [2.24, 2.45) is 0 Å². The van der Waals surface area contributed by atoms with Gasteiger partial charge in [0, 0.05) is 17.4 Å². The lowest BCUT2D eigenvalue weighted by Crippen LogP contribution is -3.16. The molecular formula is C20H28N2O4+2. The number of hydrogen-bond donors (Lipinski definition) is 2. The Morgan fingerprint density at radius 1 is 1.04 bits per heavy atom. The van der Waals surface area contributed by atoms with E-state index < -0.39 is 0 Å². The number of fused-ring (bicyclic) bond motifs is 3. The van der Waals surface area contributed by atoms with E-state index in [2.05, 4.69) is 0 Å². The third-order valence-corrected chi connectivity index (χ3v) is 5.80. The molecule has 0 bridgehead atoms. The summed E-state index contributed by atoms with van der Waals surface area (Å²) in [4.78, 5) is 15.2.